The molecule has 106 valence electrons. The summed E-state index contributed by atoms with van der Waals surface area (Å²) in [5.41, 5.74) is -1.60. The molecule has 0 saturated carbocycles. The molecule has 1 rings (SSSR count). The molecule has 0 fully saturated rings. The number of benzene rings is 1. The predicted molar refractivity (Wildman–Crippen MR) is 57.7 cm³/mol. The van der Waals surface area contributed by atoms with Crippen LogP contribution in [0.1, 0.15) is 22.3 Å². The number of hydrogen-bond donors (Lipinski definition) is 0. The number of carbonyl (C=O) groups excluding carboxylic acids is 1. The zero-order chi connectivity index (χ0) is 14.6. The Morgan fingerprint density at radius 3 is 2.37 bits per heavy atom. The summed E-state index contributed by atoms with van der Waals surface area (Å²) >= 11 is 5.31. The average molecular weight is 303 g/mol. The number of ether oxygens (including phenoxy) is 1. The minimum absolute atomic E-state index is 0.0832. The second-order valence-electron chi connectivity index (χ2n) is 3.48. The highest BCUT2D eigenvalue weighted by Gasteiger charge is 2.32. The Bertz CT molecular complexity index is 459. The van der Waals surface area contributed by atoms with Gasteiger partial charge in [0.1, 0.15) is 5.75 Å². The Hall–Kier alpha value is -1.37. The van der Waals surface area contributed by atoms with Crippen LogP contribution in [-0.4, -0.2) is 18.3 Å². The number of halogens is 6. The van der Waals surface area contributed by atoms with Crippen LogP contribution in [0.2, 0.25) is 0 Å². The van der Waals surface area contributed by atoms with Crippen molar-refractivity contribution in [2.75, 3.05) is 5.88 Å². The van der Waals surface area contributed by atoms with Crippen molar-refractivity contribution in [3.05, 3.63) is 29.3 Å². The van der Waals surface area contributed by atoms with Crippen molar-refractivity contribution >= 4 is 17.4 Å². The first-order chi connectivity index (χ1) is 8.74. The molecule has 19 heavy (non-hydrogen) atoms. The van der Waals surface area contributed by atoms with E-state index in [1.54, 1.807) is 0 Å². The summed E-state index contributed by atoms with van der Waals surface area (Å²) in [7, 11) is 0. The first kappa shape index (κ1) is 15.7. The zero-order valence-corrected chi connectivity index (χ0v) is 10.1. The fourth-order valence-electron chi connectivity index (χ4n) is 1.32. The van der Waals surface area contributed by atoms with Crippen molar-refractivity contribution in [1.29, 1.82) is 0 Å². The molecular formula is C11H8ClF5O2. The Morgan fingerprint density at radius 1 is 1.26 bits per heavy atom. The number of alkyl halides is 6. The molecule has 0 aromatic heterocycles. The highest BCUT2D eigenvalue weighted by atomic mass is 35.5. The van der Waals surface area contributed by atoms with Gasteiger partial charge in [0.05, 0.1) is 5.56 Å². The molecule has 0 N–H and O–H groups in total. The number of ketones is 1. The molecule has 0 bridgehead atoms. The van der Waals surface area contributed by atoms with Gasteiger partial charge in [0.2, 0.25) is 0 Å². The van der Waals surface area contributed by atoms with Crippen molar-refractivity contribution in [3.8, 4) is 5.75 Å². The van der Waals surface area contributed by atoms with Gasteiger partial charge in [-0.1, -0.05) is 0 Å². The van der Waals surface area contributed by atoms with Crippen LogP contribution in [0.15, 0.2) is 18.2 Å². The molecule has 8 heteroatoms. The molecule has 0 aliphatic rings. The summed E-state index contributed by atoms with van der Waals surface area (Å²) in [5, 5.41) is 0. The van der Waals surface area contributed by atoms with Crippen molar-refractivity contribution in [2.45, 2.75) is 19.2 Å². The van der Waals surface area contributed by atoms with Crippen LogP contribution in [0.4, 0.5) is 22.0 Å². The monoisotopic (exact) mass is 302 g/mol. The lowest BCUT2D eigenvalue weighted by atomic mass is 10.0. The van der Waals surface area contributed by atoms with Gasteiger partial charge in [0.15, 0.2) is 5.78 Å². The van der Waals surface area contributed by atoms with Gasteiger partial charge >= 0.3 is 12.8 Å². The zero-order valence-electron chi connectivity index (χ0n) is 9.31. The Labute approximate surface area is 110 Å². The molecule has 0 heterocycles. The van der Waals surface area contributed by atoms with Crippen LogP contribution < -0.4 is 4.74 Å². The molecule has 0 amide bonds. The first-order valence-corrected chi connectivity index (χ1v) is 5.53. The molecule has 0 saturated heterocycles. The Balaban J connectivity index is 3.20. The molecule has 1 aromatic rings. The van der Waals surface area contributed by atoms with Gasteiger partial charge in [-0.15, -0.1) is 11.6 Å². The van der Waals surface area contributed by atoms with E-state index in [4.69, 9.17) is 11.6 Å². The summed E-state index contributed by atoms with van der Waals surface area (Å²) in [6, 6.07) is 1.81. The summed E-state index contributed by atoms with van der Waals surface area (Å²) < 4.78 is 65.6. The summed E-state index contributed by atoms with van der Waals surface area (Å²) in [5.74, 6) is -1.48. The lowest BCUT2D eigenvalue weighted by molar-refractivity contribution is -0.138. The van der Waals surface area contributed by atoms with Crippen LogP contribution in [-0.2, 0) is 6.18 Å². The smallest absolute Gasteiger partial charge is 0.416 e. The van der Waals surface area contributed by atoms with E-state index >= 15 is 0 Å². The van der Waals surface area contributed by atoms with Crippen molar-refractivity contribution in [3.63, 3.8) is 0 Å². The third-order valence-electron chi connectivity index (χ3n) is 2.10. The molecule has 0 unspecified atom stereocenters. The van der Waals surface area contributed by atoms with E-state index < -0.39 is 29.9 Å². The number of rotatable bonds is 5. The average Bonchev–Trinajstić information content (AvgIpc) is 2.26. The van der Waals surface area contributed by atoms with E-state index in [9.17, 15) is 26.7 Å². The molecule has 0 spiro atoms. The maximum atomic E-state index is 12.6. The van der Waals surface area contributed by atoms with Gasteiger partial charge < -0.3 is 4.74 Å². The largest absolute Gasteiger partial charge is 0.435 e. The van der Waals surface area contributed by atoms with E-state index in [0.29, 0.717) is 12.1 Å². The van der Waals surface area contributed by atoms with Crippen molar-refractivity contribution in [2.24, 2.45) is 0 Å². The number of Topliss-reactive ketones (excluding diaryl/α,β-unsaturated/α-hetero) is 1. The minimum atomic E-state index is -4.77. The topological polar surface area (TPSA) is 26.3 Å². The lowest BCUT2D eigenvalue weighted by Gasteiger charge is -2.12. The molecule has 0 aliphatic heterocycles. The maximum Gasteiger partial charge on any atom is 0.416 e. The maximum absolute atomic E-state index is 12.6. The summed E-state index contributed by atoms with van der Waals surface area (Å²) in [6.45, 7) is -3.28. The van der Waals surface area contributed by atoms with Gasteiger partial charge in [-0.25, -0.2) is 0 Å². The quantitative estimate of drug-likeness (QED) is 0.464. The Morgan fingerprint density at radius 2 is 1.89 bits per heavy atom. The standard InChI is InChI=1S/C11H8ClF5O2/c12-2-1-9(18)6-3-7(11(15,16)17)5-8(4-6)19-10(13)14/h3-5,10H,1-2H2. The number of hydrogen-bond acceptors (Lipinski definition) is 2. The molecular weight excluding hydrogens is 295 g/mol. The summed E-state index contributed by atoms with van der Waals surface area (Å²) in [4.78, 5) is 11.5. The Kier molecular flexibility index (Phi) is 5.11. The van der Waals surface area contributed by atoms with Crippen LogP contribution in [0.3, 0.4) is 0 Å². The number of carbonyl (C=O) groups is 1. The van der Waals surface area contributed by atoms with E-state index in [2.05, 4.69) is 4.74 Å². The molecule has 0 aliphatic carbocycles. The normalized spacial score (nSPS) is 11.7. The summed E-state index contributed by atoms with van der Waals surface area (Å²) in [6.07, 6.45) is -4.96. The van der Waals surface area contributed by atoms with Crippen LogP contribution in [0.25, 0.3) is 0 Å². The van der Waals surface area contributed by atoms with Crippen molar-refractivity contribution in [1.82, 2.24) is 0 Å². The van der Waals surface area contributed by atoms with Gasteiger partial charge in [0, 0.05) is 17.9 Å². The fraction of sp³-hybridized carbons (Fsp3) is 0.364. The molecule has 2 nitrogen and oxygen atoms in total. The van der Waals surface area contributed by atoms with Crippen molar-refractivity contribution < 1.29 is 31.5 Å². The predicted octanol–water partition coefficient (Wildman–Crippen LogP) is 4.12. The first-order valence-electron chi connectivity index (χ1n) is 5.00. The highest BCUT2D eigenvalue weighted by molar-refractivity contribution is 6.19. The van der Waals surface area contributed by atoms with Gasteiger partial charge in [-0.2, -0.15) is 22.0 Å². The van der Waals surface area contributed by atoms with E-state index in [0.717, 1.165) is 6.07 Å². The molecule has 0 atom stereocenters. The third-order valence-corrected chi connectivity index (χ3v) is 2.29. The van der Waals surface area contributed by atoms with E-state index in [-0.39, 0.29) is 17.9 Å². The van der Waals surface area contributed by atoms with E-state index in [1.165, 1.54) is 0 Å². The molecule has 0 radical (unpaired) electrons. The fourth-order valence-corrected chi connectivity index (χ4v) is 1.50. The second kappa shape index (κ2) is 6.18. The SMILES string of the molecule is O=C(CCCl)c1cc(OC(F)F)cc(C(F)(F)F)c1. The second-order valence-corrected chi connectivity index (χ2v) is 3.86. The van der Waals surface area contributed by atoms with Gasteiger partial charge in [0.25, 0.3) is 0 Å². The van der Waals surface area contributed by atoms with Crippen LogP contribution in [0.5, 0.6) is 5.75 Å². The van der Waals surface area contributed by atoms with E-state index in [1.807, 2.05) is 0 Å². The third kappa shape index (κ3) is 4.66. The van der Waals surface area contributed by atoms with Gasteiger partial charge in [-0.3, -0.25) is 4.79 Å². The highest BCUT2D eigenvalue weighted by Crippen LogP contribution is 2.33. The van der Waals surface area contributed by atoms with Crippen LogP contribution >= 0.6 is 11.6 Å². The van der Waals surface area contributed by atoms with Gasteiger partial charge in [-0.05, 0) is 18.2 Å². The minimum Gasteiger partial charge on any atom is -0.435 e. The van der Waals surface area contributed by atoms with Crippen LogP contribution in [0, 0.1) is 0 Å². The lowest BCUT2D eigenvalue weighted by Crippen LogP contribution is -2.10. The molecule has 1 aromatic carbocycles.